The Labute approximate surface area is 461 Å². The van der Waals surface area contributed by atoms with E-state index in [2.05, 4.69) is 144 Å². The first-order valence-corrected chi connectivity index (χ1v) is 32.8. The van der Waals surface area contributed by atoms with Gasteiger partial charge in [-0.2, -0.15) is 11.3 Å². The Hall–Kier alpha value is -6.61. The van der Waals surface area contributed by atoms with Gasteiger partial charge in [-0.25, -0.2) is 0 Å². The Kier molecular flexibility index (Phi) is 12.5. The molecule has 12 rings (SSSR count). The summed E-state index contributed by atoms with van der Waals surface area (Å²) >= 11 is -0.871. The summed E-state index contributed by atoms with van der Waals surface area (Å²) in [6.45, 7) is 8.51. The summed E-state index contributed by atoms with van der Waals surface area (Å²) in [7, 11) is 0. The number of halogens is 1. The van der Waals surface area contributed by atoms with Gasteiger partial charge in [0.1, 0.15) is 0 Å². The number of fused-ring (bicyclic) bond motifs is 7. The van der Waals surface area contributed by atoms with Crippen LogP contribution in [0.3, 0.4) is 0 Å². The van der Waals surface area contributed by atoms with Crippen LogP contribution in [0.1, 0.15) is 58.6 Å². The van der Waals surface area contributed by atoms with Crippen LogP contribution in [0.5, 0.6) is 0 Å². The average Bonchev–Trinajstić information content (AvgIpc) is 4.24. The molecule has 0 saturated carbocycles. The van der Waals surface area contributed by atoms with E-state index in [1.807, 2.05) is 61.7 Å². The van der Waals surface area contributed by atoms with E-state index in [1.165, 1.54) is 55.9 Å². The number of hydrogen-bond acceptors (Lipinski definition) is 4. The molecular formula is C66H57FGeIrN4S-2. The Morgan fingerprint density at radius 3 is 2.14 bits per heavy atom. The van der Waals surface area contributed by atoms with Gasteiger partial charge in [0.05, 0.1) is 16.9 Å². The Balaban J connectivity index is 0.000000192. The summed E-state index contributed by atoms with van der Waals surface area (Å²) in [6.07, 6.45) is 3.75. The van der Waals surface area contributed by atoms with Crippen molar-refractivity contribution in [3.8, 4) is 39.5 Å². The average molecular weight is 1230 g/mol. The Morgan fingerprint density at radius 2 is 1.43 bits per heavy atom. The van der Waals surface area contributed by atoms with Crippen molar-refractivity contribution in [3.63, 3.8) is 0 Å². The minimum Gasteiger partial charge on any atom is 0 e. The standard InChI is InChI=1S/C42H29FN3S.C24H28GeN.Ir/c1-23-18-28(27-10-6-5-7-11-27)19-24(2)40(23)46-37-21-32-26(4)25(3)29-12-8-9-13-30(29)33(32)20-36(37)45-42(46)31-14-15-35(43)39-34-22-44-17-16-38(34)47-41(31)39;1-18-11-13-21(14-12-18)24-16-22(23(17-26-24)25(3,4)5)15-19(2)20-9-7-6-8-10-20;/h5-13,15-22H,1-4H3;6-13,16-17,19H,15H2,1-5H3;/q2*-1;/i;1D3,15D2;. The summed E-state index contributed by atoms with van der Waals surface area (Å²) in [4.78, 5) is 14.3. The van der Waals surface area contributed by atoms with Crippen molar-refractivity contribution < 1.29 is 31.3 Å². The van der Waals surface area contributed by atoms with Crippen molar-refractivity contribution >= 4 is 81.7 Å². The van der Waals surface area contributed by atoms with Crippen LogP contribution in [-0.2, 0) is 26.5 Å². The van der Waals surface area contributed by atoms with Gasteiger partial charge in [0.2, 0.25) is 0 Å². The molecule has 0 bridgehead atoms. The molecule has 0 aliphatic carbocycles. The summed E-state index contributed by atoms with van der Waals surface area (Å²) in [5.41, 5.74) is 14.0. The zero-order chi connectivity index (χ0) is 55.0. The molecule has 1 unspecified atom stereocenters. The van der Waals surface area contributed by atoms with E-state index in [0.29, 0.717) is 22.2 Å². The SMILES string of the molecule is Cc1cc(-c2ccccc2)cc(C)c1-n1c(-c2[c-]cc(F)c3c2sc2ccncc23)nc2cc3c(cc21)c(C)c(C)c1ccccc13.[2H]C([2H])([2H])c1c[c-]c(-c2cc(C([2H])([2H])C(C)c3ccccc3)[c]([Ge]([CH3])([CH3])[CH3])cn2)cc1.[Ir]. The van der Waals surface area contributed by atoms with E-state index < -0.39 is 26.5 Å². The molecule has 74 heavy (non-hydrogen) atoms. The smallest absolute Gasteiger partial charge is 0 e. The predicted molar refractivity (Wildman–Crippen MR) is 310 cm³/mol. The van der Waals surface area contributed by atoms with Gasteiger partial charge in [0.15, 0.2) is 0 Å². The summed E-state index contributed by atoms with van der Waals surface area (Å²) in [5, 5.41) is 6.25. The van der Waals surface area contributed by atoms with E-state index in [9.17, 15) is 0 Å². The molecular weight excluding hydrogens is 1160 g/mol. The molecule has 12 aromatic rings. The molecule has 4 nitrogen and oxygen atoms in total. The van der Waals surface area contributed by atoms with E-state index in [0.717, 1.165) is 64.0 Å². The maximum atomic E-state index is 15.5. The molecule has 0 fully saturated rings. The third-order valence-electron chi connectivity index (χ3n) is 14.2. The van der Waals surface area contributed by atoms with Gasteiger partial charge < -0.3 is 4.57 Å². The largest absolute Gasteiger partial charge is 0 e. The molecule has 0 saturated heterocycles. The van der Waals surface area contributed by atoms with Crippen LogP contribution in [0.25, 0.3) is 92.2 Å². The summed E-state index contributed by atoms with van der Waals surface area (Å²) in [5.74, 6) is 6.82. The van der Waals surface area contributed by atoms with Crippen molar-refractivity contribution in [1.82, 2.24) is 19.5 Å². The van der Waals surface area contributed by atoms with Crippen LogP contribution < -0.4 is 4.40 Å². The van der Waals surface area contributed by atoms with Gasteiger partial charge in [-0.05, 0) is 123 Å². The number of pyridine rings is 2. The molecule has 1 radical (unpaired) electrons. The Morgan fingerprint density at radius 1 is 0.730 bits per heavy atom. The zero-order valence-corrected chi connectivity index (χ0v) is 47.9. The van der Waals surface area contributed by atoms with Gasteiger partial charge in [0.25, 0.3) is 0 Å². The summed E-state index contributed by atoms with van der Waals surface area (Å²) in [6, 6.07) is 54.2. The van der Waals surface area contributed by atoms with Crippen molar-refractivity contribution in [2.45, 2.75) is 71.0 Å². The van der Waals surface area contributed by atoms with Gasteiger partial charge in [0, 0.05) is 54.1 Å². The molecule has 8 aromatic carbocycles. The van der Waals surface area contributed by atoms with Crippen LogP contribution in [0.2, 0.25) is 17.3 Å². The number of rotatable bonds is 8. The number of imidazole rings is 1. The second-order valence-corrected chi connectivity index (χ2v) is 31.7. The van der Waals surface area contributed by atoms with Crippen LogP contribution in [-0.4, -0.2) is 32.8 Å². The van der Waals surface area contributed by atoms with E-state index in [1.54, 1.807) is 35.9 Å². The predicted octanol–water partition coefficient (Wildman–Crippen LogP) is 17.3. The number of nitrogens with zero attached hydrogens (tertiary/aromatic N) is 4. The van der Waals surface area contributed by atoms with Crippen LogP contribution in [0.4, 0.5) is 4.39 Å². The minimum atomic E-state index is -2.43. The normalized spacial score (nSPS) is 13.4. The molecule has 8 heteroatoms. The number of hydrogen-bond donors (Lipinski definition) is 0. The Bertz CT molecular complexity index is 4260. The molecule has 0 aliphatic rings. The topological polar surface area (TPSA) is 43.6 Å². The van der Waals surface area contributed by atoms with Gasteiger partial charge >= 0.3 is 168 Å². The first kappa shape index (κ1) is 44.8. The molecule has 4 heterocycles. The number of aromatic nitrogens is 4. The van der Waals surface area contributed by atoms with Gasteiger partial charge in [-0.15, -0.1) is 12.1 Å². The fourth-order valence-electron chi connectivity index (χ4n) is 10.4. The number of aryl methyl sites for hydroxylation is 5. The second kappa shape index (κ2) is 20.6. The van der Waals surface area contributed by atoms with Crippen molar-refractivity contribution in [2.75, 3.05) is 0 Å². The van der Waals surface area contributed by atoms with Gasteiger partial charge in [-0.1, -0.05) is 60.2 Å². The molecule has 4 aromatic heterocycles. The molecule has 0 amide bonds. The maximum Gasteiger partial charge on any atom is 0 e. The van der Waals surface area contributed by atoms with Crippen molar-refractivity contribution in [2.24, 2.45) is 0 Å². The second-order valence-electron chi connectivity index (χ2n) is 20.1. The van der Waals surface area contributed by atoms with E-state index in [4.69, 9.17) is 11.8 Å². The molecule has 0 N–H and O–H groups in total. The van der Waals surface area contributed by atoms with Crippen molar-refractivity contribution in [3.05, 3.63) is 221 Å². The van der Waals surface area contributed by atoms with Crippen molar-refractivity contribution in [1.29, 1.82) is 0 Å². The van der Waals surface area contributed by atoms with Gasteiger partial charge in [-0.3, -0.25) is 14.4 Å². The molecule has 1 atom stereocenters. The minimum absolute atomic E-state index is 0. The summed E-state index contributed by atoms with van der Waals surface area (Å²) < 4.78 is 61.5. The zero-order valence-electron chi connectivity index (χ0n) is 47.6. The van der Waals surface area contributed by atoms with Crippen LogP contribution in [0.15, 0.2) is 164 Å². The first-order valence-electron chi connectivity index (χ1n) is 27.2. The fraction of sp³-hybridized carbons (Fsp3) is 0.167. The monoisotopic (exact) mass is 1230 g/mol. The molecule has 0 spiro atoms. The van der Waals surface area contributed by atoms with Crippen LogP contribution in [0, 0.1) is 52.5 Å². The van der Waals surface area contributed by atoms with E-state index in [-0.39, 0.29) is 37.4 Å². The number of benzene rings is 8. The van der Waals surface area contributed by atoms with Crippen LogP contribution >= 0.6 is 11.3 Å². The third kappa shape index (κ3) is 9.45. The quantitative estimate of drug-likeness (QED) is 0.0865. The molecule has 0 aliphatic heterocycles. The third-order valence-corrected chi connectivity index (χ3v) is 19.6. The first-order chi connectivity index (χ1) is 37.2. The van der Waals surface area contributed by atoms with E-state index >= 15 is 4.39 Å². The maximum absolute atomic E-state index is 15.5. The molecule has 369 valence electrons. The fourth-order valence-corrected chi connectivity index (χ4v) is 14.5. The number of thiophene rings is 1.